The Hall–Kier alpha value is -4.26. The van der Waals surface area contributed by atoms with E-state index < -0.39 is 18.0 Å². The van der Waals surface area contributed by atoms with Crippen molar-refractivity contribution >= 4 is 11.9 Å². The minimum absolute atomic E-state index is 0.294. The van der Waals surface area contributed by atoms with Gasteiger partial charge < -0.3 is 9.47 Å². The quantitative estimate of drug-likeness (QED) is 0.387. The van der Waals surface area contributed by atoms with Crippen LogP contribution in [0.15, 0.2) is 85.2 Å². The molecule has 0 saturated carbocycles. The largest absolute Gasteiger partial charge is 0.462 e. The monoisotopic (exact) mass is 441 g/mol. The van der Waals surface area contributed by atoms with Crippen molar-refractivity contribution in [2.45, 2.75) is 20.0 Å². The molecule has 0 aliphatic carbocycles. The Labute approximate surface area is 191 Å². The number of aromatic nitrogens is 3. The number of benzene rings is 2. The summed E-state index contributed by atoms with van der Waals surface area (Å²) in [7, 11) is 0. The standard InChI is InChI=1S/C26H23N3O4/c1-3-32-26(31)22-17-28-29(18(22)2)21-14-12-20(13-15-21)25(30)33-24(19-9-5-4-6-10-19)23-11-7-8-16-27-23/h4-17,24H,3H2,1-2H3. The predicted molar refractivity (Wildman–Crippen MR) is 122 cm³/mol. The number of carbonyl (C=O) groups excluding carboxylic acids is 2. The molecule has 4 aromatic rings. The number of nitrogens with zero attached hydrogens (tertiary/aromatic N) is 3. The van der Waals surface area contributed by atoms with Crippen LogP contribution >= 0.6 is 0 Å². The molecule has 7 nitrogen and oxygen atoms in total. The zero-order valence-electron chi connectivity index (χ0n) is 18.3. The van der Waals surface area contributed by atoms with Crippen molar-refractivity contribution in [2.75, 3.05) is 6.61 Å². The molecule has 0 amide bonds. The first kappa shape index (κ1) is 22.0. The smallest absolute Gasteiger partial charge is 0.341 e. The maximum Gasteiger partial charge on any atom is 0.341 e. The van der Waals surface area contributed by atoms with Crippen LogP contribution in [0.3, 0.4) is 0 Å². The highest BCUT2D eigenvalue weighted by Crippen LogP contribution is 2.26. The lowest BCUT2D eigenvalue weighted by Crippen LogP contribution is -2.14. The number of pyridine rings is 1. The Morgan fingerprint density at radius 3 is 2.33 bits per heavy atom. The second-order valence-corrected chi connectivity index (χ2v) is 7.27. The highest BCUT2D eigenvalue weighted by Gasteiger charge is 2.21. The Morgan fingerprint density at radius 2 is 1.67 bits per heavy atom. The van der Waals surface area contributed by atoms with Gasteiger partial charge in [-0.1, -0.05) is 36.4 Å². The molecule has 33 heavy (non-hydrogen) atoms. The molecule has 0 radical (unpaired) electrons. The van der Waals surface area contributed by atoms with Crippen LogP contribution in [0.25, 0.3) is 5.69 Å². The van der Waals surface area contributed by atoms with Gasteiger partial charge >= 0.3 is 11.9 Å². The summed E-state index contributed by atoms with van der Waals surface area (Å²) >= 11 is 0. The fourth-order valence-electron chi connectivity index (χ4n) is 3.45. The van der Waals surface area contributed by atoms with E-state index in [1.807, 2.05) is 48.5 Å². The minimum Gasteiger partial charge on any atom is -0.462 e. The van der Waals surface area contributed by atoms with Gasteiger partial charge in [0.1, 0.15) is 5.56 Å². The van der Waals surface area contributed by atoms with Crippen LogP contribution < -0.4 is 0 Å². The molecular formula is C26H23N3O4. The first-order valence-electron chi connectivity index (χ1n) is 10.6. The maximum atomic E-state index is 12.9. The number of hydrogen-bond donors (Lipinski definition) is 0. The summed E-state index contributed by atoms with van der Waals surface area (Å²) in [6.07, 6.45) is 2.53. The Balaban J connectivity index is 1.55. The van der Waals surface area contributed by atoms with Crippen molar-refractivity contribution in [1.29, 1.82) is 0 Å². The maximum absolute atomic E-state index is 12.9. The van der Waals surface area contributed by atoms with Gasteiger partial charge in [0.2, 0.25) is 0 Å². The molecule has 166 valence electrons. The van der Waals surface area contributed by atoms with E-state index in [0.29, 0.717) is 34.8 Å². The molecule has 0 aliphatic rings. The molecule has 2 heterocycles. The Bertz CT molecular complexity index is 1200. The average Bonchev–Trinajstić information content (AvgIpc) is 3.25. The van der Waals surface area contributed by atoms with Crippen molar-refractivity contribution in [3.63, 3.8) is 0 Å². The van der Waals surface area contributed by atoms with Crippen LogP contribution in [-0.2, 0) is 9.47 Å². The van der Waals surface area contributed by atoms with Crippen LogP contribution in [0, 0.1) is 6.92 Å². The van der Waals surface area contributed by atoms with E-state index in [0.717, 1.165) is 5.56 Å². The molecule has 7 heteroatoms. The van der Waals surface area contributed by atoms with E-state index in [1.165, 1.54) is 6.20 Å². The summed E-state index contributed by atoms with van der Waals surface area (Å²) in [5, 5.41) is 4.28. The van der Waals surface area contributed by atoms with Gasteiger partial charge in [0, 0.05) is 6.20 Å². The lowest BCUT2D eigenvalue weighted by Gasteiger charge is -2.18. The summed E-state index contributed by atoms with van der Waals surface area (Å²) < 4.78 is 12.5. The van der Waals surface area contributed by atoms with Crippen molar-refractivity contribution in [3.05, 3.63) is 113 Å². The lowest BCUT2D eigenvalue weighted by atomic mass is 10.1. The van der Waals surface area contributed by atoms with Crippen LogP contribution in [0.1, 0.15) is 50.7 Å². The third-order valence-electron chi connectivity index (χ3n) is 5.14. The van der Waals surface area contributed by atoms with Crippen LogP contribution in [0.4, 0.5) is 0 Å². The molecule has 0 aliphatic heterocycles. The van der Waals surface area contributed by atoms with E-state index in [2.05, 4.69) is 10.1 Å². The van der Waals surface area contributed by atoms with Gasteiger partial charge in [-0.3, -0.25) is 4.98 Å². The number of ether oxygens (including phenoxy) is 2. The molecule has 0 N–H and O–H groups in total. The topological polar surface area (TPSA) is 83.3 Å². The molecule has 0 saturated heterocycles. The molecule has 1 atom stereocenters. The molecule has 2 aromatic heterocycles. The average molecular weight is 441 g/mol. The first-order chi connectivity index (χ1) is 16.1. The summed E-state index contributed by atoms with van der Waals surface area (Å²) in [5.41, 5.74) is 3.65. The minimum atomic E-state index is -0.625. The highest BCUT2D eigenvalue weighted by atomic mass is 16.5. The molecule has 0 bridgehead atoms. The van der Waals surface area contributed by atoms with Crippen LogP contribution in [0.5, 0.6) is 0 Å². The number of rotatable bonds is 7. The third kappa shape index (κ3) is 4.82. The molecule has 1 unspecified atom stereocenters. The molecule has 0 fully saturated rings. The van der Waals surface area contributed by atoms with Gasteiger partial charge in [0.05, 0.1) is 35.4 Å². The number of carbonyl (C=O) groups is 2. The van der Waals surface area contributed by atoms with Crippen LogP contribution in [0.2, 0.25) is 0 Å². The van der Waals surface area contributed by atoms with E-state index in [1.54, 1.807) is 49.0 Å². The molecule has 2 aromatic carbocycles. The zero-order chi connectivity index (χ0) is 23.2. The lowest BCUT2D eigenvalue weighted by molar-refractivity contribution is 0.0370. The van der Waals surface area contributed by atoms with Gasteiger partial charge in [-0.15, -0.1) is 0 Å². The summed E-state index contributed by atoms with van der Waals surface area (Å²) in [6, 6.07) is 21.8. The number of esters is 2. The summed E-state index contributed by atoms with van der Waals surface area (Å²) in [6.45, 7) is 3.84. The summed E-state index contributed by atoms with van der Waals surface area (Å²) in [5.74, 6) is -0.881. The fraction of sp³-hybridized carbons (Fsp3) is 0.154. The molecule has 0 spiro atoms. The van der Waals surface area contributed by atoms with E-state index in [4.69, 9.17) is 9.47 Å². The van der Waals surface area contributed by atoms with Gasteiger partial charge in [-0.2, -0.15) is 5.10 Å². The van der Waals surface area contributed by atoms with Gasteiger partial charge in [0.15, 0.2) is 6.10 Å². The SMILES string of the molecule is CCOC(=O)c1cnn(-c2ccc(C(=O)OC(c3ccccc3)c3ccccn3)cc2)c1C. The van der Waals surface area contributed by atoms with Crippen LogP contribution in [-0.4, -0.2) is 33.3 Å². The normalized spacial score (nSPS) is 11.6. The second-order valence-electron chi connectivity index (χ2n) is 7.27. The fourth-order valence-corrected chi connectivity index (χ4v) is 3.45. The van der Waals surface area contributed by atoms with E-state index in [-0.39, 0.29) is 0 Å². The van der Waals surface area contributed by atoms with Gasteiger partial charge in [-0.25, -0.2) is 14.3 Å². The van der Waals surface area contributed by atoms with Crippen molar-refractivity contribution < 1.29 is 19.1 Å². The van der Waals surface area contributed by atoms with E-state index >= 15 is 0 Å². The van der Waals surface area contributed by atoms with Gasteiger partial charge in [-0.05, 0) is 55.8 Å². The highest BCUT2D eigenvalue weighted by molar-refractivity contribution is 5.91. The number of hydrogen-bond acceptors (Lipinski definition) is 6. The van der Waals surface area contributed by atoms with Crippen molar-refractivity contribution in [2.24, 2.45) is 0 Å². The van der Waals surface area contributed by atoms with Crippen molar-refractivity contribution in [3.8, 4) is 5.69 Å². The van der Waals surface area contributed by atoms with Gasteiger partial charge in [0.25, 0.3) is 0 Å². The Morgan fingerprint density at radius 1 is 0.939 bits per heavy atom. The molecule has 4 rings (SSSR count). The second kappa shape index (κ2) is 9.91. The Kier molecular flexibility index (Phi) is 6.59. The molecular weight excluding hydrogens is 418 g/mol. The van der Waals surface area contributed by atoms with Crippen molar-refractivity contribution in [1.82, 2.24) is 14.8 Å². The zero-order valence-corrected chi connectivity index (χ0v) is 18.3. The third-order valence-corrected chi connectivity index (χ3v) is 5.14. The van der Waals surface area contributed by atoms with E-state index in [9.17, 15) is 9.59 Å². The first-order valence-corrected chi connectivity index (χ1v) is 10.6. The summed E-state index contributed by atoms with van der Waals surface area (Å²) in [4.78, 5) is 29.4. The predicted octanol–water partition coefficient (Wildman–Crippen LogP) is 4.70.